The van der Waals surface area contributed by atoms with E-state index in [0.29, 0.717) is 31.6 Å². The lowest BCUT2D eigenvalue weighted by atomic mass is 9.97. The molecule has 120 valence electrons. The van der Waals surface area contributed by atoms with Gasteiger partial charge in [0.05, 0.1) is 11.6 Å². The number of likely N-dealkylation sites (tertiary alicyclic amines) is 1. The zero-order valence-corrected chi connectivity index (χ0v) is 12.3. The molecule has 1 aromatic heterocycles. The van der Waals surface area contributed by atoms with Crippen LogP contribution < -0.4 is 5.69 Å². The van der Waals surface area contributed by atoms with Crippen molar-refractivity contribution in [3.05, 3.63) is 46.6 Å². The van der Waals surface area contributed by atoms with E-state index < -0.39 is 17.6 Å². The first-order valence-corrected chi connectivity index (χ1v) is 7.33. The number of rotatable bonds is 3. The van der Waals surface area contributed by atoms with E-state index in [1.165, 1.54) is 4.90 Å². The second-order valence-electron chi connectivity index (χ2n) is 5.43. The van der Waals surface area contributed by atoms with Gasteiger partial charge in [0, 0.05) is 13.1 Å². The van der Waals surface area contributed by atoms with E-state index in [1.54, 1.807) is 24.3 Å². The number of hydrogen-bond donors (Lipinski definition) is 2. The molecule has 2 heterocycles. The van der Waals surface area contributed by atoms with E-state index in [1.807, 2.05) is 6.07 Å². The fraction of sp³-hybridized carbons (Fsp3) is 0.333. The Kier molecular flexibility index (Phi) is 3.96. The summed E-state index contributed by atoms with van der Waals surface area (Å²) in [6.45, 7) is 0.687. The highest BCUT2D eigenvalue weighted by molar-refractivity contribution is 5.90. The maximum absolute atomic E-state index is 12.4. The van der Waals surface area contributed by atoms with E-state index >= 15 is 0 Å². The number of carbonyl (C=O) groups excluding carboxylic acids is 1. The molecule has 0 unspecified atom stereocenters. The van der Waals surface area contributed by atoms with Gasteiger partial charge >= 0.3 is 11.7 Å². The Bertz CT molecular complexity index is 772. The molecular formula is C15H16N4O4. The highest BCUT2D eigenvalue weighted by Gasteiger charge is 2.29. The van der Waals surface area contributed by atoms with Gasteiger partial charge in [0.1, 0.15) is 0 Å². The number of benzene rings is 1. The number of aromatic amines is 1. The number of aliphatic carboxylic acids is 1. The van der Waals surface area contributed by atoms with Crippen LogP contribution in [0.4, 0.5) is 0 Å². The van der Waals surface area contributed by atoms with Gasteiger partial charge in [0.2, 0.25) is 5.82 Å². The summed E-state index contributed by atoms with van der Waals surface area (Å²) in [4.78, 5) is 39.3. The third-order valence-electron chi connectivity index (χ3n) is 3.95. The molecule has 3 rings (SSSR count). The summed E-state index contributed by atoms with van der Waals surface area (Å²) in [7, 11) is 0. The van der Waals surface area contributed by atoms with Gasteiger partial charge in [0.25, 0.3) is 5.91 Å². The molecule has 2 aromatic rings. The van der Waals surface area contributed by atoms with Crippen LogP contribution in [0.5, 0.6) is 0 Å². The number of carboxylic acids is 1. The highest BCUT2D eigenvalue weighted by Crippen LogP contribution is 2.18. The number of para-hydroxylation sites is 1. The first-order chi connectivity index (χ1) is 11.1. The molecule has 0 bridgehead atoms. The molecule has 8 heteroatoms. The van der Waals surface area contributed by atoms with Gasteiger partial charge in [-0.25, -0.2) is 4.79 Å². The summed E-state index contributed by atoms with van der Waals surface area (Å²) in [6.07, 6.45) is 0.815. The zero-order valence-electron chi connectivity index (χ0n) is 12.3. The second-order valence-corrected chi connectivity index (χ2v) is 5.43. The fourth-order valence-electron chi connectivity index (χ4n) is 2.64. The summed E-state index contributed by atoms with van der Waals surface area (Å²) in [5.74, 6) is -1.67. The van der Waals surface area contributed by atoms with Gasteiger partial charge < -0.3 is 10.0 Å². The molecule has 0 spiro atoms. The third-order valence-corrected chi connectivity index (χ3v) is 3.95. The van der Waals surface area contributed by atoms with Crippen LogP contribution in [0.25, 0.3) is 5.69 Å². The lowest BCUT2D eigenvalue weighted by Gasteiger charge is -2.29. The van der Waals surface area contributed by atoms with E-state index in [2.05, 4.69) is 10.1 Å². The Balaban J connectivity index is 1.77. The summed E-state index contributed by atoms with van der Waals surface area (Å²) in [6, 6.07) is 8.80. The molecule has 0 radical (unpaired) electrons. The Morgan fingerprint density at radius 1 is 1.17 bits per heavy atom. The van der Waals surface area contributed by atoms with Crippen molar-refractivity contribution in [1.29, 1.82) is 0 Å². The van der Waals surface area contributed by atoms with Crippen molar-refractivity contribution >= 4 is 11.9 Å². The number of amides is 1. The number of aromatic nitrogens is 3. The topological polar surface area (TPSA) is 108 Å². The van der Waals surface area contributed by atoms with Crippen LogP contribution in [0.15, 0.2) is 35.1 Å². The van der Waals surface area contributed by atoms with Gasteiger partial charge in [-0.05, 0) is 25.0 Å². The van der Waals surface area contributed by atoms with E-state index in [4.69, 9.17) is 5.11 Å². The van der Waals surface area contributed by atoms with Crippen LogP contribution in [0, 0.1) is 5.92 Å². The quantitative estimate of drug-likeness (QED) is 0.857. The molecule has 0 aliphatic carbocycles. The van der Waals surface area contributed by atoms with Gasteiger partial charge in [-0.15, -0.1) is 5.10 Å². The minimum atomic E-state index is -0.834. The SMILES string of the molecule is O=C(O)C1CCN(C(=O)c2nn(-c3ccccc3)c(=O)[nH]2)CC1. The summed E-state index contributed by atoms with van der Waals surface area (Å²) in [5.41, 5.74) is 0.0809. The molecule has 0 atom stereocenters. The molecular weight excluding hydrogens is 300 g/mol. The minimum absolute atomic E-state index is 0.0346. The van der Waals surface area contributed by atoms with Crippen molar-refractivity contribution in [2.45, 2.75) is 12.8 Å². The van der Waals surface area contributed by atoms with E-state index in [-0.39, 0.29) is 11.7 Å². The first kappa shape index (κ1) is 15.0. The van der Waals surface area contributed by atoms with Crippen LogP contribution in [0.1, 0.15) is 23.5 Å². The first-order valence-electron chi connectivity index (χ1n) is 7.33. The standard InChI is InChI=1S/C15H16N4O4/c20-13(18-8-6-10(7-9-18)14(21)22)12-16-15(23)19(17-12)11-4-2-1-3-5-11/h1-5,10H,6-9H2,(H,21,22)(H,16,17,23). The van der Waals surface area contributed by atoms with Crippen LogP contribution in [-0.4, -0.2) is 49.7 Å². The van der Waals surface area contributed by atoms with Crippen molar-refractivity contribution in [1.82, 2.24) is 19.7 Å². The Morgan fingerprint density at radius 2 is 1.83 bits per heavy atom. The fourth-order valence-corrected chi connectivity index (χ4v) is 2.64. The van der Waals surface area contributed by atoms with Crippen LogP contribution in [-0.2, 0) is 4.79 Å². The summed E-state index contributed by atoms with van der Waals surface area (Å²) in [5, 5.41) is 13.0. The van der Waals surface area contributed by atoms with Crippen LogP contribution in [0.3, 0.4) is 0 Å². The van der Waals surface area contributed by atoms with Crippen molar-refractivity contribution in [3.63, 3.8) is 0 Å². The van der Waals surface area contributed by atoms with Crippen LogP contribution >= 0.6 is 0 Å². The Labute approximate surface area is 131 Å². The average Bonchev–Trinajstić information content (AvgIpc) is 2.97. The normalized spacial score (nSPS) is 15.6. The lowest BCUT2D eigenvalue weighted by molar-refractivity contribution is -0.143. The predicted molar refractivity (Wildman–Crippen MR) is 80.4 cm³/mol. The summed E-state index contributed by atoms with van der Waals surface area (Å²) < 4.78 is 1.14. The molecule has 1 aliphatic rings. The maximum atomic E-state index is 12.4. The number of carboxylic acid groups (broad SMARTS) is 1. The molecule has 1 aromatic carbocycles. The third kappa shape index (κ3) is 3.01. The molecule has 2 N–H and O–H groups in total. The van der Waals surface area contributed by atoms with Crippen molar-refractivity contribution in [3.8, 4) is 5.69 Å². The Hall–Kier alpha value is -2.90. The minimum Gasteiger partial charge on any atom is -0.481 e. The van der Waals surface area contributed by atoms with Gasteiger partial charge in [-0.3, -0.25) is 14.6 Å². The predicted octanol–water partition coefficient (Wildman–Crippen LogP) is 0.497. The van der Waals surface area contributed by atoms with Crippen molar-refractivity contribution < 1.29 is 14.7 Å². The number of piperidine rings is 1. The van der Waals surface area contributed by atoms with E-state index in [0.717, 1.165) is 4.68 Å². The average molecular weight is 316 g/mol. The monoisotopic (exact) mass is 316 g/mol. The van der Waals surface area contributed by atoms with Gasteiger partial charge in [-0.2, -0.15) is 4.68 Å². The van der Waals surface area contributed by atoms with Gasteiger partial charge in [0.15, 0.2) is 0 Å². The molecule has 0 saturated carbocycles. The van der Waals surface area contributed by atoms with Crippen molar-refractivity contribution in [2.75, 3.05) is 13.1 Å². The number of nitrogens with zero attached hydrogens (tertiary/aromatic N) is 3. The van der Waals surface area contributed by atoms with Crippen LogP contribution in [0.2, 0.25) is 0 Å². The smallest absolute Gasteiger partial charge is 0.348 e. The Morgan fingerprint density at radius 3 is 2.43 bits per heavy atom. The molecule has 8 nitrogen and oxygen atoms in total. The molecule has 1 saturated heterocycles. The number of carbonyl (C=O) groups is 2. The van der Waals surface area contributed by atoms with Gasteiger partial charge in [-0.1, -0.05) is 18.2 Å². The summed E-state index contributed by atoms with van der Waals surface area (Å²) >= 11 is 0. The van der Waals surface area contributed by atoms with E-state index in [9.17, 15) is 14.4 Å². The molecule has 1 amide bonds. The number of nitrogens with one attached hydrogen (secondary N) is 1. The molecule has 1 aliphatic heterocycles. The number of hydrogen-bond acceptors (Lipinski definition) is 4. The highest BCUT2D eigenvalue weighted by atomic mass is 16.4. The zero-order chi connectivity index (χ0) is 16.4. The molecule has 1 fully saturated rings. The lowest BCUT2D eigenvalue weighted by Crippen LogP contribution is -2.40. The largest absolute Gasteiger partial charge is 0.481 e. The molecule has 23 heavy (non-hydrogen) atoms. The maximum Gasteiger partial charge on any atom is 0.348 e. The van der Waals surface area contributed by atoms with Crippen molar-refractivity contribution in [2.24, 2.45) is 5.92 Å². The number of H-pyrrole nitrogens is 1. The second kappa shape index (κ2) is 6.07.